The number of hydrogen-bond acceptors (Lipinski definition) is 2. The van der Waals surface area contributed by atoms with Crippen LogP contribution in [0, 0.1) is 5.92 Å². The van der Waals surface area contributed by atoms with Crippen molar-refractivity contribution in [3.8, 4) is 0 Å². The van der Waals surface area contributed by atoms with Crippen LogP contribution in [0.3, 0.4) is 0 Å². The van der Waals surface area contributed by atoms with Crippen LogP contribution in [0.2, 0.25) is 0 Å². The summed E-state index contributed by atoms with van der Waals surface area (Å²) in [6, 6.07) is 0.725. The van der Waals surface area contributed by atoms with Gasteiger partial charge in [-0.3, -0.25) is 0 Å². The molecule has 1 atom stereocenters. The van der Waals surface area contributed by atoms with E-state index >= 15 is 0 Å². The Balaban J connectivity index is 2.05. The summed E-state index contributed by atoms with van der Waals surface area (Å²) < 4.78 is 0. The van der Waals surface area contributed by atoms with Gasteiger partial charge < -0.3 is 10.2 Å². The molecule has 1 aliphatic rings. The molecule has 0 radical (unpaired) electrons. The third-order valence-corrected chi connectivity index (χ3v) is 3.61. The number of nitrogens with one attached hydrogen (secondary N) is 1. The highest BCUT2D eigenvalue weighted by Crippen LogP contribution is 2.27. The van der Waals surface area contributed by atoms with Crippen molar-refractivity contribution in [1.29, 1.82) is 0 Å². The smallest absolute Gasteiger partial charge is 0.0104 e. The van der Waals surface area contributed by atoms with Crippen molar-refractivity contribution in [2.75, 3.05) is 26.7 Å². The highest BCUT2D eigenvalue weighted by atomic mass is 15.1. The Kier molecular flexibility index (Phi) is 5.49. The molecule has 0 amide bonds. The molecule has 0 aliphatic heterocycles. The zero-order chi connectivity index (χ0) is 10.4. The quantitative estimate of drug-likeness (QED) is 0.703. The summed E-state index contributed by atoms with van der Waals surface area (Å²) in [7, 11) is 2.18. The Bertz CT molecular complexity index is 141. The van der Waals surface area contributed by atoms with E-state index in [1.165, 1.54) is 32.2 Å². The predicted molar refractivity (Wildman–Crippen MR) is 62.6 cm³/mol. The van der Waals surface area contributed by atoms with Crippen molar-refractivity contribution in [2.45, 2.75) is 45.6 Å². The van der Waals surface area contributed by atoms with E-state index < -0.39 is 0 Å². The molecule has 0 aromatic rings. The summed E-state index contributed by atoms with van der Waals surface area (Å²) in [4.78, 5) is 2.36. The van der Waals surface area contributed by atoms with Gasteiger partial charge in [0.05, 0.1) is 0 Å². The Labute approximate surface area is 89.1 Å². The lowest BCUT2D eigenvalue weighted by Gasteiger charge is -2.22. The number of likely N-dealkylation sites (N-methyl/N-ethyl adjacent to an activating group) is 1. The van der Waals surface area contributed by atoms with Crippen LogP contribution >= 0.6 is 0 Å². The van der Waals surface area contributed by atoms with E-state index in [9.17, 15) is 0 Å². The van der Waals surface area contributed by atoms with Gasteiger partial charge in [0.25, 0.3) is 0 Å². The molecule has 0 aromatic carbocycles. The Morgan fingerprint density at radius 2 is 2.00 bits per heavy atom. The average molecular weight is 198 g/mol. The third-order valence-electron chi connectivity index (χ3n) is 3.61. The van der Waals surface area contributed by atoms with Gasteiger partial charge in [0, 0.05) is 19.1 Å². The largest absolute Gasteiger partial charge is 0.313 e. The molecule has 0 bridgehead atoms. The molecule has 2 nitrogen and oxygen atoms in total. The first kappa shape index (κ1) is 12.0. The van der Waals surface area contributed by atoms with Crippen LogP contribution in [0.5, 0.6) is 0 Å². The molecule has 0 aromatic heterocycles. The molecule has 1 rings (SSSR count). The van der Waals surface area contributed by atoms with Gasteiger partial charge in [-0.05, 0) is 39.3 Å². The fourth-order valence-electron chi connectivity index (χ4n) is 2.27. The van der Waals surface area contributed by atoms with Gasteiger partial charge in [0.2, 0.25) is 0 Å². The maximum atomic E-state index is 3.65. The summed E-state index contributed by atoms with van der Waals surface area (Å²) >= 11 is 0. The van der Waals surface area contributed by atoms with Crippen molar-refractivity contribution < 1.29 is 0 Å². The lowest BCUT2D eigenvalue weighted by atomic mass is 10.00. The first-order chi connectivity index (χ1) is 6.74. The number of nitrogens with zero attached hydrogens (tertiary/aromatic N) is 1. The van der Waals surface area contributed by atoms with Crippen LogP contribution in [-0.4, -0.2) is 37.6 Å². The summed E-state index contributed by atoms with van der Waals surface area (Å²) in [5.74, 6) is 0.946. The molecule has 0 saturated heterocycles. The van der Waals surface area contributed by atoms with Crippen LogP contribution in [-0.2, 0) is 0 Å². The van der Waals surface area contributed by atoms with Gasteiger partial charge in [-0.2, -0.15) is 0 Å². The maximum Gasteiger partial charge on any atom is 0.0104 e. The minimum Gasteiger partial charge on any atom is -0.313 e. The molecule has 1 unspecified atom stereocenters. The van der Waals surface area contributed by atoms with Gasteiger partial charge >= 0.3 is 0 Å². The second-order valence-electron chi connectivity index (χ2n) is 4.68. The molecule has 14 heavy (non-hydrogen) atoms. The van der Waals surface area contributed by atoms with E-state index in [1.54, 1.807) is 0 Å². The minimum absolute atomic E-state index is 0.725. The second-order valence-corrected chi connectivity index (χ2v) is 4.68. The zero-order valence-electron chi connectivity index (χ0n) is 10.1. The SMILES string of the molecule is CCN(C)CCNC(C)C1CCCC1. The number of hydrogen-bond donors (Lipinski definition) is 1. The Morgan fingerprint density at radius 1 is 1.36 bits per heavy atom. The summed E-state index contributed by atoms with van der Waals surface area (Å²) in [6.45, 7) is 8.03. The van der Waals surface area contributed by atoms with Crippen molar-refractivity contribution in [2.24, 2.45) is 5.92 Å². The van der Waals surface area contributed by atoms with Gasteiger partial charge in [-0.25, -0.2) is 0 Å². The van der Waals surface area contributed by atoms with Crippen molar-refractivity contribution in [1.82, 2.24) is 10.2 Å². The standard InChI is InChI=1S/C12H26N2/c1-4-14(3)10-9-13-11(2)12-7-5-6-8-12/h11-13H,4-10H2,1-3H3. The molecule has 1 fully saturated rings. The minimum atomic E-state index is 0.725. The molecular weight excluding hydrogens is 172 g/mol. The maximum absolute atomic E-state index is 3.65. The fourth-order valence-corrected chi connectivity index (χ4v) is 2.27. The fraction of sp³-hybridized carbons (Fsp3) is 1.00. The van der Waals surface area contributed by atoms with Gasteiger partial charge in [-0.1, -0.05) is 19.8 Å². The van der Waals surface area contributed by atoms with Crippen LogP contribution in [0.4, 0.5) is 0 Å². The zero-order valence-corrected chi connectivity index (χ0v) is 10.1. The first-order valence-electron chi connectivity index (χ1n) is 6.16. The molecule has 1 saturated carbocycles. The van der Waals surface area contributed by atoms with Crippen molar-refractivity contribution >= 4 is 0 Å². The molecular formula is C12H26N2. The molecule has 84 valence electrons. The van der Waals surface area contributed by atoms with Gasteiger partial charge in [0.1, 0.15) is 0 Å². The van der Waals surface area contributed by atoms with Crippen molar-refractivity contribution in [3.63, 3.8) is 0 Å². The van der Waals surface area contributed by atoms with E-state index in [0.29, 0.717) is 0 Å². The van der Waals surface area contributed by atoms with Gasteiger partial charge in [-0.15, -0.1) is 0 Å². The highest BCUT2D eigenvalue weighted by molar-refractivity contribution is 4.77. The van der Waals surface area contributed by atoms with Crippen LogP contribution in [0.25, 0.3) is 0 Å². The monoisotopic (exact) mass is 198 g/mol. The first-order valence-corrected chi connectivity index (χ1v) is 6.16. The van der Waals surface area contributed by atoms with E-state index in [4.69, 9.17) is 0 Å². The molecule has 2 heteroatoms. The molecule has 0 heterocycles. The Hall–Kier alpha value is -0.0800. The van der Waals surface area contributed by atoms with Gasteiger partial charge in [0.15, 0.2) is 0 Å². The van der Waals surface area contributed by atoms with E-state index in [2.05, 4.69) is 31.1 Å². The predicted octanol–water partition coefficient (Wildman–Crippen LogP) is 2.11. The van der Waals surface area contributed by atoms with E-state index in [1.807, 2.05) is 0 Å². The lowest BCUT2D eigenvalue weighted by molar-refractivity contribution is 0.318. The van der Waals surface area contributed by atoms with Crippen LogP contribution in [0.1, 0.15) is 39.5 Å². The normalized spacial score (nSPS) is 20.6. The molecule has 1 N–H and O–H groups in total. The number of rotatable bonds is 6. The van der Waals surface area contributed by atoms with Crippen LogP contribution in [0.15, 0.2) is 0 Å². The Morgan fingerprint density at radius 3 is 2.57 bits per heavy atom. The second kappa shape index (κ2) is 6.41. The lowest BCUT2D eigenvalue weighted by Crippen LogP contribution is -2.37. The molecule has 0 spiro atoms. The van der Waals surface area contributed by atoms with E-state index in [-0.39, 0.29) is 0 Å². The van der Waals surface area contributed by atoms with E-state index in [0.717, 1.165) is 25.0 Å². The summed E-state index contributed by atoms with van der Waals surface area (Å²) in [5, 5.41) is 3.65. The van der Waals surface area contributed by atoms with Crippen LogP contribution < -0.4 is 5.32 Å². The summed E-state index contributed by atoms with van der Waals surface area (Å²) in [6.07, 6.45) is 5.78. The topological polar surface area (TPSA) is 15.3 Å². The van der Waals surface area contributed by atoms with Crippen molar-refractivity contribution in [3.05, 3.63) is 0 Å². The molecule has 1 aliphatic carbocycles. The third kappa shape index (κ3) is 3.97. The highest BCUT2D eigenvalue weighted by Gasteiger charge is 2.20. The summed E-state index contributed by atoms with van der Waals surface area (Å²) in [5.41, 5.74) is 0. The average Bonchev–Trinajstić information content (AvgIpc) is 2.70.